The molecule has 0 heterocycles. The standard InChI is InChI=1S/C16H26N4O2/c1-11-5-3-7-13(9-11)17-19-15(21)16(22)20-18-14-8-4-6-12(2)10-14/h11-12H,3-10H2,1-2H3,(H,19,21)(H,20,22)/b17-13-,18-14-/t11-,12+. The van der Waals surface area contributed by atoms with Crippen LogP contribution in [0.5, 0.6) is 0 Å². The van der Waals surface area contributed by atoms with Crippen LogP contribution in [0.2, 0.25) is 0 Å². The van der Waals surface area contributed by atoms with E-state index in [4.69, 9.17) is 0 Å². The van der Waals surface area contributed by atoms with Crippen LogP contribution in [0, 0.1) is 11.8 Å². The van der Waals surface area contributed by atoms with Gasteiger partial charge in [0.15, 0.2) is 0 Å². The molecule has 2 rings (SSSR count). The summed E-state index contributed by atoms with van der Waals surface area (Å²) in [5.41, 5.74) is 6.60. The van der Waals surface area contributed by atoms with E-state index in [9.17, 15) is 9.59 Å². The minimum absolute atomic E-state index is 0.595. The van der Waals surface area contributed by atoms with Crippen LogP contribution in [0.25, 0.3) is 0 Å². The Bertz CT molecular complexity index is 441. The van der Waals surface area contributed by atoms with Gasteiger partial charge in [-0.3, -0.25) is 9.59 Å². The summed E-state index contributed by atoms with van der Waals surface area (Å²) in [4.78, 5) is 23.4. The van der Waals surface area contributed by atoms with Crippen molar-refractivity contribution < 1.29 is 9.59 Å². The highest BCUT2D eigenvalue weighted by atomic mass is 16.2. The van der Waals surface area contributed by atoms with E-state index < -0.39 is 11.8 Å². The molecule has 2 atom stereocenters. The monoisotopic (exact) mass is 306 g/mol. The van der Waals surface area contributed by atoms with Crippen molar-refractivity contribution in [3.63, 3.8) is 0 Å². The number of rotatable bonds is 2. The number of amides is 2. The van der Waals surface area contributed by atoms with Gasteiger partial charge in [-0.1, -0.05) is 13.8 Å². The summed E-state index contributed by atoms with van der Waals surface area (Å²) in [7, 11) is 0. The van der Waals surface area contributed by atoms with E-state index in [-0.39, 0.29) is 0 Å². The van der Waals surface area contributed by atoms with Gasteiger partial charge in [0.1, 0.15) is 0 Å². The molecular weight excluding hydrogens is 280 g/mol. The summed E-state index contributed by atoms with van der Waals surface area (Å²) in [5, 5.41) is 8.14. The molecule has 0 aromatic heterocycles. The second-order valence-corrected chi connectivity index (χ2v) is 6.64. The largest absolute Gasteiger partial charge is 0.331 e. The highest BCUT2D eigenvalue weighted by Crippen LogP contribution is 2.21. The second kappa shape index (κ2) is 8.06. The molecule has 122 valence electrons. The Kier molecular flexibility index (Phi) is 6.10. The summed E-state index contributed by atoms with van der Waals surface area (Å²) < 4.78 is 0. The maximum atomic E-state index is 11.7. The SMILES string of the molecule is C[C@@H]1CCC/C(=N/NC(=O)C(=O)N/N=C2/CCC[C@H](C)C2)C1. The Balaban J connectivity index is 1.78. The van der Waals surface area contributed by atoms with E-state index in [2.05, 4.69) is 34.9 Å². The number of carbonyl (C=O) groups is 2. The molecule has 2 fully saturated rings. The van der Waals surface area contributed by atoms with E-state index in [0.29, 0.717) is 11.8 Å². The third-order valence-electron chi connectivity index (χ3n) is 4.33. The third kappa shape index (κ3) is 5.24. The first-order valence-corrected chi connectivity index (χ1v) is 8.25. The molecule has 0 aromatic carbocycles. The first-order chi connectivity index (χ1) is 10.5. The molecular formula is C16H26N4O2. The number of nitrogens with zero attached hydrogens (tertiary/aromatic N) is 2. The third-order valence-corrected chi connectivity index (χ3v) is 4.33. The summed E-state index contributed by atoms with van der Waals surface area (Å²) >= 11 is 0. The molecule has 0 spiro atoms. The zero-order valence-corrected chi connectivity index (χ0v) is 13.5. The van der Waals surface area contributed by atoms with E-state index >= 15 is 0 Å². The van der Waals surface area contributed by atoms with Crippen molar-refractivity contribution >= 4 is 23.2 Å². The Labute approximate surface area is 131 Å². The van der Waals surface area contributed by atoms with E-state index in [1.165, 1.54) is 12.8 Å². The zero-order chi connectivity index (χ0) is 15.9. The number of nitrogens with one attached hydrogen (secondary N) is 2. The lowest BCUT2D eigenvalue weighted by atomic mass is 9.89. The van der Waals surface area contributed by atoms with Gasteiger partial charge < -0.3 is 0 Å². The normalized spacial score (nSPS) is 29.4. The van der Waals surface area contributed by atoms with E-state index in [1.54, 1.807) is 0 Å². The van der Waals surface area contributed by atoms with Gasteiger partial charge in [-0.15, -0.1) is 0 Å². The molecule has 2 N–H and O–H groups in total. The Morgan fingerprint density at radius 3 is 1.64 bits per heavy atom. The molecule has 2 amide bonds. The van der Waals surface area contributed by atoms with Gasteiger partial charge >= 0.3 is 11.8 Å². The minimum Gasteiger partial charge on any atom is -0.262 e. The molecule has 6 nitrogen and oxygen atoms in total. The van der Waals surface area contributed by atoms with Crippen molar-refractivity contribution in [1.82, 2.24) is 10.9 Å². The molecule has 2 saturated carbocycles. The second-order valence-electron chi connectivity index (χ2n) is 6.64. The van der Waals surface area contributed by atoms with Crippen molar-refractivity contribution in [1.29, 1.82) is 0 Å². The van der Waals surface area contributed by atoms with Crippen LogP contribution in [0.15, 0.2) is 10.2 Å². The number of carbonyl (C=O) groups excluding carboxylic acids is 2. The smallest absolute Gasteiger partial charge is 0.262 e. The quantitative estimate of drug-likeness (QED) is 0.606. The topological polar surface area (TPSA) is 82.9 Å². The lowest BCUT2D eigenvalue weighted by Crippen LogP contribution is -2.36. The Hall–Kier alpha value is -1.72. The zero-order valence-electron chi connectivity index (χ0n) is 13.5. The Morgan fingerprint density at radius 2 is 1.27 bits per heavy atom. The number of hydrogen-bond acceptors (Lipinski definition) is 4. The van der Waals surface area contributed by atoms with Gasteiger partial charge in [0.2, 0.25) is 0 Å². The fraction of sp³-hybridized carbons (Fsp3) is 0.750. The van der Waals surface area contributed by atoms with Crippen LogP contribution in [0.4, 0.5) is 0 Å². The van der Waals surface area contributed by atoms with Crippen molar-refractivity contribution in [3.8, 4) is 0 Å². The van der Waals surface area contributed by atoms with Gasteiger partial charge in [-0.05, 0) is 63.2 Å². The summed E-state index contributed by atoms with van der Waals surface area (Å²) in [6.45, 7) is 4.34. The molecule has 0 aliphatic heterocycles. The average Bonchev–Trinajstić information content (AvgIpc) is 2.50. The summed E-state index contributed by atoms with van der Waals surface area (Å²) in [6, 6.07) is 0. The lowest BCUT2D eigenvalue weighted by Gasteiger charge is -2.19. The van der Waals surface area contributed by atoms with Crippen LogP contribution in [0.3, 0.4) is 0 Å². The van der Waals surface area contributed by atoms with Crippen molar-refractivity contribution in [2.45, 2.75) is 65.2 Å². The van der Waals surface area contributed by atoms with Gasteiger partial charge in [0.05, 0.1) is 0 Å². The number of hydrogen-bond donors (Lipinski definition) is 2. The van der Waals surface area contributed by atoms with Gasteiger partial charge in [-0.2, -0.15) is 10.2 Å². The predicted molar refractivity (Wildman–Crippen MR) is 86.4 cm³/mol. The summed E-state index contributed by atoms with van der Waals surface area (Å²) in [5.74, 6) is -0.311. The predicted octanol–water partition coefficient (Wildman–Crippen LogP) is 2.35. The molecule has 2 aliphatic rings. The average molecular weight is 306 g/mol. The number of hydrazone groups is 2. The van der Waals surface area contributed by atoms with Crippen LogP contribution >= 0.6 is 0 Å². The highest BCUT2D eigenvalue weighted by molar-refractivity contribution is 6.35. The summed E-state index contributed by atoms with van der Waals surface area (Å²) in [6.07, 6.45) is 8.15. The first kappa shape index (κ1) is 16.6. The maximum absolute atomic E-state index is 11.7. The van der Waals surface area contributed by atoms with Crippen molar-refractivity contribution in [3.05, 3.63) is 0 Å². The molecule has 6 heteroatoms. The van der Waals surface area contributed by atoms with Crippen molar-refractivity contribution in [2.75, 3.05) is 0 Å². The molecule has 2 aliphatic carbocycles. The minimum atomic E-state index is -0.751. The first-order valence-electron chi connectivity index (χ1n) is 8.25. The molecule has 22 heavy (non-hydrogen) atoms. The van der Waals surface area contributed by atoms with E-state index in [0.717, 1.165) is 49.9 Å². The molecule has 0 unspecified atom stereocenters. The van der Waals surface area contributed by atoms with Gasteiger partial charge in [-0.25, -0.2) is 10.9 Å². The van der Waals surface area contributed by atoms with E-state index in [1.807, 2.05) is 0 Å². The van der Waals surface area contributed by atoms with Crippen molar-refractivity contribution in [2.24, 2.45) is 22.0 Å². The van der Waals surface area contributed by atoms with Crippen LogP contribution in [0.1, 0.15) is 65.2 Å². The fourth-order valence-electron chi connectivity index (χ4n) is 3.09. The fourth-order valence-corrected chi connectivity index (χ4v) is 3.09. The van der Waals surface area contributed by atoms with Gasteiger partial charge in [0, 0.05) is 11.4 Å². The van der Waals surface area contributed by atoms with Crippen LogP contribution < -0.4 is 10.9 Å². The molecule has 0 aromatic rings. The molecule has 0 bridgehead atoms. The van der Waals surface area contributed by atoms with Crippen LogP contribution in [-0.2, 0) is 9.59 Å². The van der Waals surface area contributed by atoms with Gasteiger partial charge in [0.25, 0.3) is 0 Å². The maximum Gasteiger partial charge on any atom is 0.331 e. The molecule has 0 radical (unpaired) electrons. The highest BCUT2D eigenvalue weighted by Gasteiger charge is 2.18. The lowest BCUT2D eigenvalue weighted by molar-refractivity contribution is -0.139. The Morgan fingerprint density at radius 1 is 0.864 bits per heavy atom. The molecule has 0 saturated heterocycles. The van der Waals surface area contributed by atoms with Crippen LogP contribution in [-0.4, -0.2) is 23.2 Å².